The highest BCUT2D eigenvalue weighted by atomic mass is 35.5. The lowest BCUT2D eigenvalue weighted by Crippen LogP contribution is -2.42. The molecule has 184 valence electrons. The smallest absolute Gasteiger partial charge is 0.247 e. The fourth-order valence-electron chi connectivity index (χ4n) is 4.70. The third-order valence-electron chi connectivity index (χ3n) is 6.50. The Kier molecular flexibility index (Phi) is 6.90. The van der Waals surface area contributed by atoms with E-state index in [1.165, 1.54) is 0 Å². The minimum atomic E-state index is -0.385. The van der Waals surface area contributed by atoms with Crippen LogP contribution in [-0.4, -0.2) is 29.8 Å². The van der Waals surface area contributed by atoms with Gasteiger partial charge in [0, 0.05) is 23.2 Å². The SMILES string of the molecule is COc1ccc(-c2c3c(nn2-c2ccc(Cl)cc2Cl)C(C(=O)NN(C)c2ccccc2)CCC3)cc1. The molecule has 4 aromatic rings. The van der Waals surface area contributed by atoms with E-state index in [9.17, 15) is 4.79 Å². The van der Waals surface area contributed by atoms with Gasteiger partial charge < -0.3 is 4.74 Å². The van der Waals surface area contributed by atoms with Gasteiger partial charge >= 0.3 is 0 Å². The van der Waals surface area contributed by atoms with Gasteiger partial charge in [-0.15, -0.1) is 0 Å². The summed E-state index contributed by atoms with van der Waals surface area (Å²) in [6.45, 7) is 0. The number of para-hydroxylation sites is 1. The van der Waals surface area contributed by atoms with E-state index in [1.54, 1.807) is 24.3 Å². The maximum Gasteiger partial charge on any atom is 0.247 e. The van der Waals surface area contributed by atoms with Crippen LogP contribution >= 0.6 is 23.2 Å². The van der Waals surface area contributed by atoms with Gasteiger partial charge in [0.2, 0.25) is 5.91 Å². The van der Waals surface area contributed by atoms with Crippen LogP contribution in [0.4, 0.5) is 5.69 Å². The van der Waals surface area contributed by atoms with Crippen molar-refractivity contribution in [3.63, 3.8) is 0 Å². The van der Waals surface area contributed by atoms with E-state index in [1.807, 2.05) is 72.4 Å². The van der Waals surface area contributed by atoms with E-state index in [0.717, 1.165) is 53.2 Å². The van der Waals surface area contributed by atoms with Gasteiger partial charge in [0.1, 0.15) is 5.75 Å². The van der Waals surface area contributed by atoms with Crippen molar-refractivity contribution in [2.75, 3.05) is 19.2 Å². The van der Waals surface area contributed by atoms with E-state index < -0.39 is 0 Å². The van der Waals surface area contributed by atoms with Gasteiger partial charge in [-0.1, -0.05) is 41.4 Å². The molecule has 3 aromatic carbocycles. The number of nitrogens with one attached hydrogen (secondary N) is 1. The van der Waals surface area contributed by atoms with E-state index in [2.05, 4.69) is 5.43 Å². The highest BCUT2D eigenvalue weighted by Gasteiger charge is 2.34. The van der Waals surface area contributed by atoms with Gasteiger partial charge in [0.25, 0.3) is 0 Å². The molecule has 1 amide bonds. The molecule has 5 rings (SSSR count). The number of aromatic nitrogens is 2. The number of hydrogen-bond acceptors (Lipinski definition) is 4. The van der Waals surface area contributed by atoms with Crippen LogP contribution in [0.3, 0.4) is 0 Å². The minimum Gasteiger partial charge on any atom is -0.497 e. The minimum absolute atomic E-state index is 0.0876. The summed E-state index contributed by atoms with van der Waals surface area (Å²) in [6.07, 6.45) is 2.42. The fraction of sp³-hybridized carbons (Fsp3) is 0.214. The zero-order valence-corrected chi connectivity index (χ0v) is 21.6. The third kappa shape index (κ3) is 4.66. The molecular weight excluding hydrogens is 495 g/mol. The molecule has 1 atom stereocenters. The largest absolute Gasteiger partial charge is 0.497 e. The fourth-order valence-corrected chi connectivity index (χ4v) is 5.19. The van der Waals surface area contributed by atoms with Crippen LogP contribution in [0.5, 0.6) is 5.75 Å². The second-order valence-electron chi connectivity index (χ2n) is 8.76. The van der Waals surface area contributed by atoms with Crippen molar-refractivity contribution in [3.05, 3.63) is 94.1 Å². The third-order valence-corrected chi connectivity index (χ3v) is 7.04. The van der Waals surface area contributed by atoms with Gasteiger partial charge in [-0.25, -0.2) is 4.68 Å². The van der Waals surface area contributed by atoms with Crippen LogP contribution in [0, 0.1) is 0 Å². The number of rotatable bonds is 6. The van der Waals surface area contributed by atoms with Crippen molar-refractivity contribution >= 4 is 34.8 Å². The predicted molar refractivity (Wildman–Crippen MR) is 144 cm³/mol. The summed E-state index contributed by atoms with van der Waals surface area (Å²) in [5.74, 6) is 0.295. The summed E-state index contributed by atoms with van der Waals surface area (Å²) in [7, 11) is 3.48. The zero-order valence-electron chi connectivity index (χ0n) is 20.0. The molecule has 0 saturated carbocycles. The Morgan fingerprint density at radius 2 is 1.83 bits per heavy atom. The van der Waals surface area contributed by atoms with Crippen molar-refractivity contribution in [1.82, 2.24) is 15.2 Å². The molecule has 36 heavy (non-hydrogen) atoms. The number of amides is 1. The Labute approximate surface area is 220 Å². The number of hydrazine groups is 1. The molecule has 1 aromatic heterocycles. The first kappa shape index (κ1) is 24.2. The Hall–Kier alpha value is -3.48. The van der Waals surface area contributed by atoms with Crippen LogP contribution < -0.4 is 15.2 Å². The molecule has 1 N–H and O–H groups in total. The van der Waals surface area contributed by atoms with Crippen molar-refractivity contribution in [2.24, 2.45) is 0 Å². The molecule has 0 fully saturated rings. The van der Waals surface area contributed by atoms with Crippen LogP contribution in [0.2, 0.25) is 10.0 Å². The highest BCUT2D eigenvalue weighted by molar-refractivity contribution is 6.35. The number of halogens is 2. The molecule has 0 aliphatic heterocycles. The van der Waals surface area contributed by atoms with Crippen LogP contribution in [0.15, 0.2) is 72.8 Å². The van der Waals surface area contributed by atoms with E-state index in [-0.39, 0.29) is 11.8 Å². The summed E-state index contributed by atoms with van der Waals surface area (Å²) in [4.78, 5) is 13.5. The number of nitrogens with zero attached hydrogens (tertiary/aromatic N) is 3. The number of carbonyl (C=O) groups is 1. The zero-order chi connectivity index (χ0) is 25.2. The second kappa shape index (κ2) is 10.2. The topological polar surface area (TPSA) is 59.4 Å². The molecule has 0 bridgehead atoms. The van der Waals surface area contributed by atoms with Crippen molar-refractivity contribution in [3.8, 4) is 22.7 Å². The average molecular weight is 521 g/mol. The standard InChI is InChI=1S/C28H26Cl2N4O2/c1-33(20-7-4-3-5-8-20)32-28(35)23-10-6-9-22-26(23)31-34(25-16-13-19(29)17-24(25)30)27(22)18-11-14-21(36-2)15-12-18/h3-5,7-8,11-17,23H,6,9-10H2,1-2H3,(H,32,35). The summed E-state index contributed by atoms with van der Waals surface area (Å²) in [5, 5.41) is 7.77. The monoisotopic (exact) mass is 520 g/mol. The lowest BCUT2D eigenvalue weighted by molar-refractivity contribution is -0.123. The number of hydrogen-bond donors (Lipinski definition) is 1. The average Bonchev–Trinajstić information content (AvgIpc) is 3.28. The van der Waals surface area contributed by atoms with Gasteiger partial charge in [-0.05, 0) is 73.9 Å². The van der Waals surface area contributed by atoms with Crippen LogP contribution in [0.1, 0.15) is 30.0 Å². The Morgan fingerprint density at radius 1 is 1.08 bits per heavy atom. The van der Waals surface area contributed by atoms with Crippen LogP contribution in [-0.2, 0) is 11.2 Å². The quantitative estimate of drug-likeness (QED) is 0.297. The molecule has 1 aliphatic carbocycles. The Bertz CT molecular complexity index is 1390. The number of carbonyl (C=O) groups excluding carboxylic acids is 1. The second-order valence-corrected chi connectivity index (χ2v) is 9.61. The van der Waals surface area contributed by atoms with Gasteiger partial charge in [-0.3, -0.25) is 15.2 Å². The molecule has 1 heterocycles. The maximum atomic E-state index is 13.5. The summed E-state index contributed by atoms with van der Waals surface area (Å²) >= 11 is 12.8. The maximum absolute atomic E-state index is 13.5. The van der Waals surface area contributed by atoms with E-state index >= 15 is 0 Å². The Balaban J connectivity index is 1.58. The van der Waals surface area contributed by atoms with Crippen LogP contribution in [0.25, 0.3) is 16.9 Å². The highest BCUT2D eigenvalue weighted by Crippen LogP contribution is 2.40. The summed E-state index contributed by atoms with van der Waals surface area (Å²) in [5.41, 5.74) is 8.37. The Morgan fingerprint density at radius 3 is 2.53 bits per heavy atom. The predicted octanol–water partition coefficient (Wildman–Crippen LogP) is 6.44. The molecule has 1 unspecified atom stereocenters. The van der Waals surface area contributed by atoms with Gasteiger partial charge in [0.05, 0.1) is 40.8 Å². The van der Waals surface area contributed by atoms with Gasteiger partial charge in [0.15, 0.2) is 0 Å². The molecule has 6 nitrogen and oxygen atoms in total. The molecule has 8 heteroatoms. The number of anilines is 1. The molecule has 1 aliphatic rings. The van der Waals surface area contributed by atoms with Crippen molar-refractivity contribution < 1.29 is 9.53 Å². The molecule has 0 saturated heterocycles. The molecule has 0 radical (unpaired) electrons. The first-order valence-corrected chi connectivity index (χ1v) is 12.5. The molecule has 0 spiro atoms. The lowest BCUT2D eigenvalue weighted by atomic mass is 9.85. The first-order valence-electron chi connectivity index (χ1n) is 11.8. The number of fused-ring (bicyclic) bond motifs is 1. The lowest BCUT2D eigenvalue weighted by Gasteiger charge is -2.26. The summed E-state index contributed by atoms with van der Waals surface area (Å²) in [6, 6.07) is 22.9. The normalized spacial score (nSPS) is 14.7. The van der Waals surface area contributed by atoms with E-state index in [0.29, 0.717) is 15.7 Å². The van der Waals surface area contributed by atoms with E-state index in [4.69, 9.17) is 33.0 Å². The molecular formula is C28H26Cl2N4O2. The first-order chi connectivity index (χ1) is 17.5. The number of benzene rings is 3. The van der Waals surface area contributed by atoms with Crippen molar-refractivity contribution in [1.29, 1.82) is 0 Å². The summed E-state index contributed by atoms with van der Waals surface area (Å²) < 4.78 is 7.20. The number of methoxy groups -OCH3 is 1. The number of ether oxygens (including phenoxy) is 1. The van der Waals surface area contributed by atoms with Gasteiger partial charge in [-0.2, -0.15) is 5.10 Å². The van der Waals surface area contributed by atoms with Crippen molar-refractivity contribution in [2.45, 2.75) is 25.2 Å².